The number of hydrogen-bond donors (Lipinski definition) is 1. The Morgan fingerprint density at radius 2 is 1.79 bits per heavy atom. The molecular weight excluding hydrogens is 415 g/mol. The molecule has 3 aromatic rings. The number of thiophene rings is 1. The second-order valence-corrected chi connectivity index (χ2v) is 10.3. The second-order valence-electron chi connectivity index (χ2n) is 7.11. The van der Waals surface area contributed by atoms with Crippen molar-refractivity contribution in [3.05, 3.63) is 56.7 Å². The zero-order chi connectivity index (χ0) is 20.8. The predicted molar refractivity (Wildman–Crippen MR) is 110 cm³/mol. The van der Waals surface area contributed by atoms with Crippen molar-refractivity contribution >= 4 is 31.6 Å². The van der Waals surface area contributed by atoms with Crippen molar-refractivity contribution in [1.29, 1.82) is 0 Å². The van der Waals surface area contributed by atoms with Gasteiger partial charge in [0.25, 0.3) is 5.56 Å². The summed E-state index contributed by atoms with van der Waals surface area (Å²) in [6, 6.07) is 4.86. The van der Waals surface area contributed by atoms with Crippen molar-refractivity contribution in [1.82, 2.24) is 19.2 Å². The van der Waals surface area contributed by atoms with Crippen molar-refractivity contribution in [2.75, 3.05) is 26.2 Å². The van der Waals surface area contributed by atoms with E-state index >= 15 is 0 Å². The zero-order valence-electron chi connectivity index (χ0n) is 16.1. The fourth-order valence-electron chi connectivity index (χ4n) is 3.47. The van der Waals surface area contributed by atoms with E-state index in [-0.39, 0.29) is 10.5 Å². The summed E-state index contributed by atoms with van der Waals surface area (Å²) >= 11 is 1.51. The predicted octanol–water partition coefficient (Wildman–Crippen LogP) is 2.25. The molecule has 0 amide bonds. The highest BCUT2D eigenvalue weighted by Gasteiger charge is 2.28. The molecular formula is C19H21FN4O3S2. The maximum atomic E-state index is 13.1. The number of nitrogens with one attached hydrogen (secondary N) is 1. The highest BCUT2D eigenvalue weighted by Crippen LogP contribution is 2.26. The summed E-state index contributed by atoms with van der Waals surface area (Å²) < 4.78 is 39.9. The van der Waals surface area contributed by atoms with E-state index in [1.165, 1.54) is 27.8 Å². The largest absolute Gasteiger partial charge is 0.309 e. The molecule has 29 heavy (non-hydrogen) atoms. The molecule has 0 bridgehead atoms. The Hall–Kier alpha value is -2.14. The number of H-pyrrole nitrogens is 1. The number of hydrogen-bond acceptors (Lipinski definition) is 6. The Balaban J connectivity index is 1.46. The number of aryl methyl sites for hydroxylation is 2. The molecule has 7 nitrogen and oxygen atoms in total. The molecule has 1 aliphatic heterocycles. The van der Waals surface area contributed by atoms with Crippen LogP contribution in [-0.4, -0.2) is 53.8 Å². The molecule has 10 heteroatoms. The van der Waals surface area contributed by atoms with Crippen molar-refractivity contribution in [2.45, 2.75) is 25.3 Å². The summed E-state index contributed by atoms with van der Waals surface area (Å²) in [5, 5.41) is 0.645. The van der Waals surface area contributed by atoms with E-state index in [9.17, 15) is 17.6 Å². The Morgan fingerprint density at radius 1 is 1.14 bits per heavy atom. The number of fused-ring (bicyclic) bond motifs is 1. The van der Waals surface area contributed by atoms with Gasteiger partial charge in [0, 0.05) is 31.1 Å². The monoisotopic (exact) mass is 436 g/mol. The third kappa shape index (κ3) is 3.85. The molecule has 2 aromatic heterocycles. The summed E-state index contributed by atoms with van der Waals surface area (Å²) in [4.78, 5) is 23.8. The normalized spacial score (nSPS) is 16.5. The Labute approximate surface area is 171 Å². The quantitative estimate of drug-likeness (QED) is 0.678. The highest BCUT2D eigenvalue weighted by molar-refractivity contribution is 7.89. The van der Waals surface area contributed by atoms with E-state index in [1.54, 1.807) is 0 Å². The minimum atomic E-state index is -3.64. The molecule has 1 aliphatic rings. The van der Waals surface area contributed by atoms with Crippen molar-refractivity contribution in [3.63, 3.8) is 0 Å². The fraction of sp³-hybridized carbons (Fsp3) is 0.368. The van der Waals surface area contributed by atoms with Crippen LogP contribution < -0.4 is 5.56 Å². The molecule has 154 valence electrons. The molecule has 1 fully saturated rings. The lowest BCUT2D eigenvalue weighted by Gasteiger charge is -2.33. The summed E-state index contributed by atoms with van der Waals surface area (Å²) in [6.45, 7) is 6.03. The standard InChI is InChI=1S/C19H21FN4O3S2/c1-12-13(2)28-19-17(12)18(25)21-16(22-19)11-23-7-9-24(10-8-23)29(26,27)15-5-3-14(20)4-6-15/h3-6H,7-11H2,1-2H3,(H,21,22,25). The molecule has 0 aliphatic carbocycles. The lowest BCUT2D eigenvalue weighted by molar-refractivity contribution is 0.178. The van der Waals surface area contributed by atoms with Gasteiger partial charge in [-0.3, -0.25) is 9.69 Å². The van der Waals surface area contributed by atoms with Gasteiger partial charge in [0.2, 0.25) is 10.0 Å². The highest BCUT2D eigenvalue weighted by atomic mass is 32.2. The molecule has 0 atom stereocenters. The van der Waals surface area contributed by atoms with Crippen LogP contribution in [0.3, 0.4) is 0 Å². The van der Waals surface area contributed by atoms with Crippen LogP contribution in [0, 0.1) is 19.7 Å². The minimum absolute atomic E-state index is 0.0900. The number of rotatable bonds is 4. The van der Waals surface area contributed by atoms with E-state index < -0.39 is 15.8 Å². The Kier molecular flexibility index (Phi) is 5.28. The van der Waals surface area contributed by atoms with Gasteiger partial charge in [-0.25, -0.2) is 17.8 Å². The second kappa shape index (κ2) is 7.60. The number of nitrogens with zero attached hydrogens (tertiary/aromatic N) is 3. The number of benzene rings is 1. The van der Waals surface area contributed by atoms with Crippen LogP contribution in [0.2, 0.25) is 0 Å². The van der Waals surface area contributed by atoms with Crippen LogP contribution in [0.1, 0.15) is 16.3 Å². The lowest BCUT2D eigenvalue weighted by Crippen LogP contribution is -2.48. The van der Waals surface area contributed by atoms with Gasteiger partial charge in [0.15, 0.2) is 0 Å². The molecule has 0 radical (unpaired) electrons. The van der Waals surface area contributed by atoms with Crippen molar-refractivity contribution < 1.29 is 12.8 Å². The number of aromatic nitrogens is 2. The molecule has 4 rings (SSSR count). The summed E-state index contributed by atoms with van der Waals surface area (Å²) in [6.07, 6.45) is 0. The molecule has 3 heterocycles. The zero-order valence-corrected chi connectivity index (χ0v) is 17.7. The van der Waals surface area contributed by atoms with E-state index in [0.29, 0.717) is 43.9 Å². The van der Waals surface area contributed by atoms with Crippen molar-refractivity contribution in [2.24, 2.45) is 0 Å². The topological polar surface area (TPSA) is 86.4 Å². The summed E-state index contributed by atoms with van der Waals surface area (Å²) in [7, 11) is -3.64. The minimum Gasteiger partial charge on any atom is -0.309 e. The van der Waals surface area contributed by atoms with Gasteiger partial charge in [0.1, 0.15) is 16.5 Å². The van der Waals surface area contributed by atoms with Gasteiger partial charge in [-0.1, -0.05) is 0 Å². The molecule has 1 N–H and O–H groups in total. The molecule has 0 saturated carbocycles. The van der Waals surface area contributed by atoms with Crippen LogP contribution in [0.15, 0.2) is 34.0 Å². The maximum Gasteiger partial charge on any atom is 0.259 e. The van der Waals surface area contributed by atoms with E-state index in [1.807, 2.05) is 13.8 Å². The third-order valence-corrected chi connectivity index (χ3v) is 8.26. The van der Waals surface area contributed by atoms with Gasteiger partial charge in [-0.05, 0) is 43.7 Å². The van der Waals surface area contributed by atoms with Crippen LogP contribution in [-0.2, 0) is 16.6 Å². The molecule has 1 saturated heterocycles. The Morgan fingerprint density at radius 3 is 2.45 bits per heavy atom. The lowest BCUT2D eigenvalue weighted by atomic mass is 10.2. The smallest absolute Gasteiger partial charge is 0.259 e. The first-order chi connectivity index (χ1) is 13.8. The van der Waals surface area contributed by atoms with E-state index in [2.05, 4.69) is 14.9 Å². The van der Waals surface area contributed by atoms with E-state index in [0.717, 1.165) is 27.4 Å². The first-order valence-electron chi connectivity index (χ1n) is 9.22. The third-order valence-electron chi connectivity index (χ3n) is 5.24. The molecule has 0 spiro atoms. The van der Waals surface area contributed by atoms with Crippen molar-refractivity contribution in [3.8, 4) is 0 Å². The van der Waals surface area contributed by atoms with E-state index in [4.69, 9.17) is 0 Å². The van der Waals surface area contributed by atoms with Crippen LogP contribution in [0.5, 0.6) is 0 Å². The average Bonchev–Trinajstić information content (AvgIpc) is 2.96. The van der Waals surface area contributed by atoms with Gasteiger partial charge in [-0.2, -0.15) is 4.31 Å². The SMILES string of the molecule is Cc1sc2nc(CN3CCN(S(=O)(=O)c4ccc(F)cc4)CC3)[nH]c(=O)c2c1C. The summed E-state index contributed by atoms with van der Waals surface area (Å²) in [5.41, 5.74) is 0.828. The van der Waals surface area contributed by atoms with Crippen LogP contribution in [0.25, 0.3) is 10.2 Å². The van der Waals surface area contributed by atoms with Gasteiger partial charge < -0.3 is 4.98 Å². The number of halogens is 1. The average molecular weight is 437 g/mol. The fourth-order valence-corrected chi connectivity index (χ4v) is 5.94. The van der Waals surface area contributed by atoms with Gasteiger partial charge >= 0.3 is 0 Å². The van der Waals surface area contributed by atoms with Gasteiger partial charge in [-0.15, -0.1) is 11.3 Å². The maximum absolute atomic E-state index is 13.1. The number of piperazine rings is 1. The number of aromatic amines is 1. The Bertz CT molecular complexity index is 1210. The summed E-state index contributed by atoms with van der Waals surface area (Å²) in [5.74, 6) is 0.113. The molecule has 1 aromatic carbocycles. The first-order valence-corrected chi connectivity index (χ1v) is 11.5. The number of sulfonamides is 1. The van der Waals surface area contributed by atoms with Gasteiger partial charge in [0.05, 0.1) is 16.8 Å². The van der Waals surface area contributed by atoms with Crippen LogP contribution in [0.4, 0.5) is 4.39 Å². The van der Waals surface area contributed by atoms with Crippen LogP contribution >= 0.6 is 11.3 Å². The molecule has 0 unspecified atom stereocenters. The first kappa shape index (κ1) is 20.1.